The summed E-state index contributed by atoms with van der Waals surface area (Å²) in [6.45, 7) is 13.0. The van der Waals surface area contributed by atoms with Gasteiger partial charge in [-0.15, -0.1) is 0 Å². The van der Waals surface area contributed by atoms with Gasteiger partial charge in [-0.3, -0.25) is 0 Å². The van der Waals surface area contributed by atoms with Crippen LogP contribution in [0.2, 0.25) is 0 Å². The van der Waals surface area contributed by atoms with E-state index in [1.807, 2.05) is 0 Å². The quantitative estimate of drug-likeness (QED) is 0.672. The zero-order valence-corrected chi connectivity index (χ0v) is 13.4. The van der Waals surface area contributed by atoms with E-state index >= 15 is 0 Å². The van der Waals surface area contributed by atoms with Crippen molar-refractivity contribution in [3.8, 4) is 0 Å². The first-order valence-electron chi connectivity index (χ1n) is 8.18. The normalized spacial score (nSPS) is 22.3. The first-order chi connectivity index (χ1) is 8.44. The highest BCUT2D eigenvalue weighted by atomic mass is 14.9. The summed E-state index contributed by atoms with van der Waals surface area (Å²) in [6.07, 6.45) is 9.73. The third-order valence-electron chi connectivity index (χ3n) is 4.66. The Bertz CT molecular complexity index is 210. The van der Waals surface area contributed by atoms with E-state index in [4.69, 9.17) is 0 Å². The molecular weight excluding hydrogens is 218 g/mol. The van der Waals surface area contributed by atoms with Crippen molar-refractivity contribution in [2.45, 2.75) is 85.6 Å². The first-order valence-corrected chi connectivity index (χ1v) is 8.18. The van der Waals surface area contributed by atoms with Gasteiger partial charge in [0.05, 0.1) is 0 Å². The monoisotopic (exact) mass is 253 g/mol. The van der Waals surface area contributed by atoms with Gasteiger partial charge in [0.1, 0.15) is 0 Å². The molecule has 1 atom stereocenters. The van der Waals surface area contributed by atoms with Crippen molar-refractivity contribution in [2.24, 2.45) is 17.3 Å². The van der Waals surface area contributed by atoms with Crippen LogP contribution >= 0.6 is 0 Å². The molecule has 1 N–H and O–H groups in total. The summed E-state index contributed by atoms with van der Waals surface area (Å²) >= 11 is 0. The Morgan fingerprint density at radius 3 is 2.22 bits per heavy atom. The minimum Gasteiger partial charge on any atom is -0.314 e. The lowest BCUT2D eigenvalue weighted by Crippen LogP contribution is -2.39. The summed E-state index contributed by atoms with van der Waals surface area (Å²) in [5.41, 5.74) is 0.601. The van der Waals surface area contributed by atoms with E-state index in [2.05, 4.69) is 39.9 Å². The third kappa shape index (κ3) is 5.73. The van der Waals surface area contributed by atoms with Gasteiger partial charge in [0, 0.05) is 6.04 Å². The molecule has 108 valence electrons. The van der Waals surface area contributed by atoms with Crippen molar-refractivity contribution in [2.75, 3.05) is 6.54 Å². The molecule has 0 aromatic carbocycles. The van der Waals surface area contributed by atoms with Crippen LogP contribution in [0.15, 0.2) is 0 Å². The maximum atomic E-state index is 3.82. The summed E-state index contributed by atoms with van der Waals surface area (Å²) < 4.78 is 0. The van der Waals surface area contributed by atoms with Crippen LogP contribution in [0, 0.1) is 17.3 Å². The predicted molar refractivity (Wildman–Crippen MR) is 81.9 cm³/mol. The van der Waals surface area contributed by atoms with Crippen molar-refractivity contribution in [3.05, 3.63) is 0 Å². The molecule has 0 bridgehead atoms. The maximum absolute atomic E-state index is 3.82. The van der Waals surface area contributed by atoms with Gasteiger partial charge < -0.3 is 5.32 Å². The average molecular weight is 253 g/mol. The van der Waals surface area contributed by atoms with Gasteiger partial charge in [0.25, 0.3) is 0 Å². The number of rotatable bonds is 7. The van der Waals surface area contributed by atoms with Gasteiger partial charge in [-0.25, -0.2) is 0 Å². The number of hydrogen-bond acceptors (Lipinski definition) is 1. The van der Waals surface area contributed by atoms with Crippen molar-refractivity contribution >= 4 is 0 Å². The molecule has 0 amide bonds. The van der Waals surface area contributed by atoms with Crippen LogP contribution in [0.5, 0.6) is 0 Å². The van der Waals surface area contributed by atoms with Gasteiger partial charge in [-0.2, -0.15) is 0 Å². The fourth-order valence-electron chi connectivity index (χ4n) is 3.17. The molecule has 1 aliphatic carbocycles. The summed E-state index contributed by atoms with van der Waals surface area (Å²) in [4.78, 5) is 0. The van der Waals surface area contributed by atoms with Crippen molar-refractivity contribution in [1.82, 2.24) is 5.32 Å². The minimum absolute atomic E-state index is 0.601. The van der Waals surface area contributed by atoms with E-state index in [9.17, 15) is 0 Å². The average Bonchev–Trinajstić information content (AvgIpc) is 2.30. The lowest BCUT2D eigenvalue weighted by molar-refractivity contribution is 0.155. The predicted octanol–water partition coefficient (Wildman–Crippen LogP) is 5.01. The maximum Gasteiger partial charge on any atom is 0.00954 e. The lowest BCUT2D eigenvalue weighted by atomic mass is 9.70. The van der Waals surface area contributed by atoms with Crippen LogP contribution in [-0.4, -0.2) is 12.6 Å². The number of hydrogen-bond donors (Lipinski definition) is 1. The van der Waals surface area contributed by atoms with E-state index < -0.39 is 0 Å². The highest BCUT2D eigenvalue weighted by Crippen LogP contribution is 2.40. The third-order valence-corrected chi connectivity index (χ3v) is 4.66. The molecule has 0 aliphatic heterocycles. The van der Waals surface area contributed by atoms with E-state index in [1.54, 1.807) is 0 Å². The molecule has 1 saturated carbocycles. The Balaban J connectivity index is 2.43. The highest BCUT2D eigenvalue weighted by Gasteiger charge is 2.30. The minimum atomic E-state index is 0.601. The Hall–Kier alpha value is -0.0400. The SMILES string of the molecule is CCCNC(CCC(C)C)C1CCC(C)(C)CC1. The zero-order valence-electron chi connectivity index (χ0n) is 13.4. The van der Waals surface area contributed by atoms with Crippen LogP contribution in [0.4, 0.5) is 0 Å². The molecule has 0 spiro atoms. The molecule has 0 aromatic rings. The Kier molecular flexibility index (Phi) is 6.70. The van der Waals surface area contributed by atoms with Gasteiger partial charge in [0.2, 0.25) is 0 Å². The van der Waals surface area contributed by atoms with E-state index in [0.29, 0.717) is 5.41 Å². The van der Waals surface area contributed by atoms with Crippen LogP contribution in [-0.2, 0) is 0 Å². The molecule has 1 nitrogen and oxygen atoms in total. The van der Waals surface area contributed by atoms with E-state index in [0.717, 1.165) is 17.9 Å². The lowest BCUT2D eigenvalue weighted by Gasteiger charge is -2.38. The molecule has 1 fully saturated rings. The van der Waals surface area contributed by atoms with E-state index in [1.165, 1.54) is 51.5 Å². The van der Waals surface area contributed by atoms with Crippen LogP contribution in [0.25, 0.3) is 0 Å². The molecule has 0 radical (unpaired) electrons. The van der Waals surface area contributed by atoms with Crippen molar-refractivity contribution in [3.63, 3.8) is 0 Å². The fourth-order valence-corrected chi connectivity index (χ4v) is 3.17. The zero-order chi connectivity index (χ0) is 13.6. The molecule has 1 heteroatoms. The second-order valence-corrected chi connectivity index (χ2v) is 7.53. The molecular formula is C17H35N. The summed E-state index contributed by atoms with van der Waals surface area (Å²) in [7, 11) is 0. The molecule has 1 rings (SSSR count). The molecule has 1 unspecified atom stereocenters. The molecule has 0 heterocycles. The molecule has 0 saturated heterocycles. The summed E-state index contributed by atoms with van der Waals surface area (Å²) in [5, 5.41) is 3.82. The van der Waals surface area contributed by atoms with Crippen LogP contribution in [0.3, 0.4) is 0 Å². The van der Waals surface area contributed by atoms with Crippen molar-refractivity contribution in [1.29, 1.82) is 0 Å². The Labute approximate surface area is 115 Å². The molecule has 18 heavy (non-hydrogen) atoms. The number of nitrogens with one attached hydrogen (secondary N) is 1. The largest absolute Gasteiger partial charge is 0.314 e. The topological polar surface area (TPSA) is 12.0 Å². The standard InChI is InChI=1S/C17H35N/c1-6-13-18-16(8-7-14(2)3)15-9-11-17(4,5)12-10-15/h14-16,18H,6-13H2,1-5H3. The Morgan fingerprint density at radius 2 is 1.72 bits per heavy atom. The first kappa shape index (κ1) is 16.0. The van der Waals surface area contributed by atoms with Gasteiger partial charge >= 0.3 is 0 Å². The summed E-state index contributed by atoms with van der Waals surface area (Å²) in [6, 6.07) is 0.781. The molecule has 0 aromatic heterocycles. The smallest absolute Gasteiger partial charge is 0.00954 e. The van der Waals surface area contributed by atoms with Crippen LogP contribution in [0.1, 0.15) is 79.6 Å². The Morgan fingerprint density at radius 1 is 1.11 bits per heavy atom. The molecule has 1 aliphatic rings. The second-order valence-electron chi connectivity index (χ2n) is 7.53. The fraction of sp³-hybridized carbons (Fsp3) is 1.00. The van der Waals surface area contributed by atoms with Crippen molar-refractivity contribution < 1.29 is 0 Å². The van der Waals surface area contributed by atoms with Crippen LogP contribution < -0.4 is 5.32 Å². The highest BCUT2D eigenvalue weighted by molar-refractivity contribution is 4.85. The van der Waals surface area contributed by atoms with Gasteiger partial charge in [-0.1, -0.05) is 34.6 Å². The summed E-state index contributed by atoms with van der Waals surface area (Å²) in [5.74, 6) is 1.78. The van der Waals surface area contributed by atoms with Gasteiger partial charge in [0.15, 0.2) is 0 Å². The second kappa shape index (κ2) is 7.53. The van der Waals surface area contributed by atoms with Gasteiger partial charge in [-0.05, 0) is 68.7 Å². The van der Waals surface area contributed by atoms with E-state index in [-0.39, 0.29) is 0 Å².